The number of carboxylic acid groups (broad SMARTS) is 1. The molecule has 0 bridgehead atoms. The van der Waals surface area contributed by atoms with Crippen LogP contribution in [-0.4, -0.2) is 40.3 Å². The maximum Gasteiger partial charge on any atom is 0.411 e. The smallest absolute Gasteiger partial charge is 0.411 e. The van der Waals surface area contributed by atoms with Gasteiger partial charge in [-0.1, -0.05) is 12.1 Å². The number of nitrogens with zero attached hydrogens (tertiary/aromatic N) is 1. The topological polar surface area (TPSA) is 66.8 Å². The van der Waals surface area contributed by atoms with Crippen molar-refractivity contribution in [1.29, 1.82) is 0 Å². The first-order valence-electron chi connectivity index (χ1n) is 7.62. The molecule has 1 saturated heterocycles. The third kappa shape index (κ3) is 5.09. The first kappa shape index (κ1) is 18.0. The molecule has 1 fully saturated rings. The number of aliphatic carboxylic acids is 1. The maximum atomic E-state index is 12.3. The highest BCUT2D eigenvalue weighted by Gasteiger charge is 2.41. The van der Waals surface area contributed by atoms with E-state index in [9.17, 15) is 14.7 Å². The van der Waals surface area contributed by atoms with Gasteiger partial charge in [-0.25, -0.2) is 9.59 Å². The molecule has 2 rings (SSSR count). The van der Waals surface area contributed by atoms with E-state index >= 15 is 0 Å². The van der Waals surface area contributed by atoms with Gasteiger partial charge in [-0.05, 0) is 79.8 Å². The second kappa shape index (κ2) is 7.07. The number of carboxylic acids is 1. The number of hydrogen-bond acceptors (Lipinski definition) is 3. The molecular formula is C17H22INO4. The van der Waals surface area contributed by atoms with Crippen LogP contribution in [0.3, 0.4) is 0 Å². The van der Waals surface area contributed by atoms with Crippen molar-refractivity contribution < 1.29 is 19.4 Å². The van der Waals surface area contributed by atoms with Gasteiger partial charge in [-0.2, -0.15) is 0 Å². The van der Waals surface area contributed by atoms with Crippen molar-refractivity contribution in [3.8, 4) is 0 Å². The van der Waals surface area contributed by atoms with Gasteiger partial charge in [0.25, 0.3) is 0 Å². The van der Waals surface area contributed by atoms with Crippen LogP contribution in [0.25, 0.3) is 0 Å². The zero-order valence-electron chi connectivity index (χ0n) is 13.6. The Morgan fingerprint density at radius 3 is 2.43 bits per heavy atom. The van der Waals surface area contributed by atoms with Gasteiger partial charge in [0.15, 0.2) is 0 Å². The number of likely N-dealkylation sites (tertiary alicyclic amines) is 1. The van der Waals surface area contributed by atoms with E-state index < -0.39 is 23.7 Å². The molecule has 1 aromatic rings. The number of carbonyl (C=O) groups is 2. The molecule has 0 unspecified atom stereocenters. The Hall–Kier alpha value is -1.31. The van der Waals surface area contributed by atoms with E-state index in [2.05, 4.69) is 22.6 Å². The summed E-state index contributed by atoms with van der Waals surface area (Å²) in [5, 5.41) is 9.40. The van der Waals surface area contributed by atoms with E-state index in [4.69, 9.17) is 4.74 Å². The highest BCUT2D eigenvalue weighted by molar-refractivity contribution is 14.1. The van der Waals surface area contributed by atoms with E-state index in [1.54, 1.807) is 20.8 Å². The number of carbonyl (C=O) groups excluding carboxylic acids is 1. The summed E-state index contributed by atoms with van der Waals surface area (Å²) in [5.41, 5.74) is 0.527. The van der Waals surface area contributed by atoms with Crippen molar-refractivity contribution in [3.63, 3.8) is 0 Å². The van der Waals surface area contributed by atoms with Crippen LogP contribution >= 0.6 is 22.6 Å². The van der Waals surface area contributed by atoms with Crippen LogP contribution in [0, 0.1) is 9.49 Å². The fourth-order valence-electron chi connectivity index (χ4n) is 2.78. The van der Waals surface area contributed by atoms with Crippen molar-refractivity contribution in [1.82, 2.24) is 4.90 Å². The second-order valence-electron chi connectivity index (χ2n) is 6.92. The summed E-state index contributed by atoms with van der Waals surface area (Å²) in [6.07, 6.45) is 0.676. The van der Waals surface area contributed by atoms with Gasteiger partial charge < -0.3 is 9.84 Å². The lowest BCUT2D eigenvalue weighted by atomic mass is 9.97. The molecular weight excluding hydrogens is 409 g/mol. The van der Waals surface area contributed by atoms with Gasteiger partial charge in [0, 0.05) is 10.1 Å². The Kier molecular flexibility index (Phi) is 5.54. The minimum Gasteiger partial charge on any atom is -0.480 e. The Morgan fingerprint density at radius 1 is 1.30 bits per heavy atom. The molecule has 6 heteroatoms. The predicted molar refractivity (Wildman–Crippen MR) is 95.3 cm³/mol. The van der Waals surface area contributed by atoms with E-state index in [0.717, 1.165) is 15.6 Å². The molecule has 1 heterocycles. The average Bonchev–Trinajstić information content (AvgIpc) is 2.84. The van der Waals surface area contributed by atoms with E-state index in [0.29, 0.717) is 13.0 Å². The number of amides is 1. The van der Waals surface area contributed by atoms with Gasteiger partial charge in [0.1, 0.15) is 11.6 Å². The number of benzene rings is 1. The molecule has 1 aliphatic rings. The minimum atomic E-state index is -0.971. The van der Waals surface area contributed by atoms with Crippen molar-refractivity contribution in [2.75, 3.05) is 6.54 Å². The highest BCUT2D eigenvalue weighted by atomic mass is 127. The molecule has 2 atom stereocenters. The van der Waals surface area contributed by atoms with Crippen LogP contribution in [0.4, 0.5) is 4.79 Å². The third-order valence-corrected chi connectivity index (χ3v) is 4.46. The summed E-state index contributed by atoms with van der Waals surface area (Å²) in [7, 11) is 0. The lowest BCUT2D eigenvalue weighted by Crippen LogP contribution is -2.43. The fraction of sp³-hybridized carbons (Fsp3) is 0.529. The largest absolute Gasteiger partial charge is 0.480 e. The molecule has 0 aromatic heterocycles. The zero-order valence-corrected chi connectivity index (χ0v) is 15.7. The fourth-order valence-corrected chi connectivity index (χ4v) is 3.14. The maximum absolute atomic E-state index is 12.3. The van der Waals surface area contributed by atoms with E-state index in [1.807, 2.05) is 24.3 Å². The van der Waals surface area contributed by atoms with E-state index in [-0.39, 0.29) is 5.92 Å². The third-order valence-electron chi connectivity index (χ3n) is 3.74. The van der Waals surface area contributed by atoms with Crippen LogP contribution in [0.2, 0.25) is 0 Å². The molecule has 1 aromatic carbocycles. The van der Waals surface area contributed by atoms with Crippen molar-refractivity contribution in [2.24, 2.45) is 5.92 Å². The van der Waals surface area contributed by atoms with Crippen LogP contribution in [0.15, 0.2) is 24.3 Å². The normalized spacial score (nSPS) is 21.3. The number of ether oxygens (including phenoxy) is 1. The Bertz CT molecular complexity index is 579. The molecule has 1 N–H and O–H groups in total. The first-order chi connectivity index (χ1) is 10.7. The minimum absolute atomic E-state index is 0.128. The highest BCUT2D eigenvalue weighted by Crippen LogP contribution is 2.28. The molecule has 1 amide bonds. The Balaban J connectivity index is 2.06. The summed E-state index contributed by atoms with van der Waals surface area (Å²) in [6, 6.07) is 7.36. The average molecular weight is 431 g/mol. The summed E-state index contributed by atoms with van der Waals surface area (Å²) >= 11 is 2.25. The lowest BCUT2D eigenvalue weighted by Gasteiger charge is -2.26. The summed E-state index contributed by atoms with van der Waals surface area (Å²) < 4.78 is 6.50. The summed E-state index contributed by atoms with van der Waals surface area (Å²) in [5.74, 6) is -0.843. The van der Waals surface area contributed by atoms with Gasteiger partial charge in [0.05, 0.1) is 0 Å². The van der Waals surface area contributed by atoms with Crippen LogP contribution in [0.5, 0.6) is 0 Å². The second-order valence-corrected chi connectivity index (χ2v) is 8.16. The van der Waals surface area contributed by atoms with E-state index in [1.165, 1.54) is 4.90 Å². The molecule has 0 spiro atoms. The van der Waals surface area contributed by atoms with Crippen LogP contribution < -0.4 is 0 Å². The molecule has 0 saturated carbocycles. The lowest BCUT2D eigenvalue weighted by molar-refractivity contribution is -0.142. The number of halogens is 1. The first-order valence-corrected chi connectivity index (χ1v) is 8.70. The molecule has 5 nitrogen and oxygen atoms in total. The summed E-state index contributed by atoms with van der Waals surface area (Å²) in [6.45, 7) is 5.75. The SMILES string of the molecule is CC(C)(C)OC(=O)N1C[C@H](Cc2ccc(I)cc2)C[C@H]1C(=O)O. The van der Waals surface area contributed by atoms with Gasteiger partial charge in [-0.3, -0.25) is 4.90 Å². The quantitative estimate of drug-likeness (QED) is 0.744. The van der Waals surface area contributed by atoms with Crippen LogP contribution in [-0.2, 0) is 16.0 Å². The monoisotopic (exact) mass is 431 g/mol. The molecule has 23 heavy (non-hydrogen) atoms. The van der Waals surface area contributed by atoms with Crippen molar-refractivity contribution in [2.45, 2.75) is 45.3 Å². The van der Waals surface area contributed by atoms with Gasteiger partial charge in [-0.15, -0.1) is 0 Å². The Morgan fingerprint density at radius 2 is 1.91 bits per heavy atom. The van der Waals surface area contributed by atoms with Gasteiger partial charge in [0.2, 0.25) is 0 Å². The molecule has 0 radical (unpaired) electrons. The summed E-state index contributed by atoms with van der Waals surface area (Å²) in [4.78, 5) is 25.1. The molecule has 1 aliphatic heterocycles. The van der Waals surface area contributed by atoms with Gasteiger partial charge >= 0.3 is 12.1 Å². The zero-order chi connectivity index (χ0) is 17.2. The van der Waals surface area contributed by atoms with Crippen molar-refractivity contribution in [3.05, 3.63) is 33.4 Å². The van der Waals surface area contributed by atoms with Crippen molar-refractivity contribution >= 4 is 34.7 Å². The molecule has 126 valence electrons. The van der Waals surface area contributed by atoms with Crippen LogP contribution in [0.1, 0.15) is 32.8 Å². The Labute approximate surface area is 150 Å². The number of hydrogen-bond donors (Lipinski definition) is 1. The molecule has 0 aliphatic carbocycles. The standard InChI is InChI=1S/C17H22INO4/c1-17(2,3)23-16(22)19-10-12(9-14(19)15(20)21)8-11-4-6-13(18)7-5-11/h4-7,12,14H,8-10H2,1-3H3,(H,20,21)/t12-,14+/m1/s1. The number of rotatable bonds is 3. The predicted octanol–water partition coefficient (Wildman–Crippen LogP) is 3.54.